The second-order valence-electron chi connectivity index (χ2n) is 6.82. The van der Waals surface area contributed by atoms with E-state index < -0.39 is 0 Å². The fourth-order valence-electron chi connectivity index (χ4n) is 3.40. The molecule has 1 atom stereocenters. The van der Waals surface area contributed by atoms with Gasteiger partial charge in [0.15, 0.2) is 0 Å². The van der Waals surface area contributed by atoms with Crippen LogP contribution >= 0.6 is 11.6 Å². The fraction of sp³-hybridized carbons (Fsp3) is 0.381. The quantitative estimate of drug-likeness (QED) is 0.854. The maximum Gasteiger partial charge on any atom is 0.251 e. The highest BCUT2D eigenvalue weighted by molar-refractivity contribution is 6.30. The van der Waals surface area contributed by atoms with E-state index in [1.165, 1.54) is 18.4 Å². The van der Waals surface area contributed by atoms with E-state index in [4.69, 9.17) is 11.6 Å². The molecule has 1 N–H and O–H groups in total. The number of nitrogens with zero attached hydrogens (tertiary/aromatic N) is 1. The first-order valence-corrected chi connectivity index (χ1v) is 9.27. The van der Waals surface area contributed by atoms with Gasteiger partial charge in [-0.2, -0.15) is 0 Å². The van der Waals surface area contributed by atoms with Gasteiger partial charge in [0.2, 0.25) is 0 Å². The smallest absolute Gasteiger partial charge is 0.251 e. The lowest BCUT2D eigenvalue weighted by molar-refractivity contribution is 0.0938. The minimum Gasteiger partial charge on any atom is -0.350 e. The molecule has 3 rings (SSSR count). The van der Waals surface area contributed by atoms with Crippen molar-refractivity contribution in [1.29, 1.82) is 0 Å². The number of rotatable bonds is 5. The highest BCUT2D eigenvalue weighted by atomic mass is 35.5. The molecule has 0 spiro atoms. The first-order valence-electron chi connectivity index (χ1n) is 8.89. The van der Waals surface area contributed by atoms with Gasteiger partial charge in [0.25, 0.3) is 5.91 Å². The maximum atomic E-state index is 12.6. The van der Waals surface area contributed by atoms with Crippen LogP contribution in [0.15, 0.2) is 42.5 Å². The average Bonchev–Trinajstić information content (AvgIpc) is 3.12. The molecule has 1 fully saturated rings. The zero-order valence-electron chi connectivity index (χ0n) is 14.9. The highest BCUT2D eigenvalue weighted by Crippen LogP contribution is 2.26. The number of halogens is 1. The lowest BCUT2D eigenvalue weighted by Crippen LogP contribution is -2.36. The minimum absolute atomic E-state index is 0.0191. The van der Waals surface area contributed by atoms with Gasteiger partial charge in [-0.15, -0.1) is 0 Å². The predicted octanol–water partition coefficient (Wildman–Crippen LogP) is 4.52. The SMILES string of the molecule is Cc1ccc(C(=O)NCC(c2cccc(Cl)c2)N2CCCC2)cc1C. The largest absolute Gasteiger partial charge is 0.350 e. The summed E-state index contributed by atoms with van der Waals surface area (Å²) < 4.78 is 0. The number of carbonyl (C=O) groups excluding carboxylic acids is 1. The molecule has 1 heterocycles. The van der Waals surface area contributed by atoms with E-state index >= 15 is 0 Å². The minimum atomic E-state index is -0.0191. The fourth-order valence-corrected chi connectivity index (χ4v) is 3.60. The van der Waals surface area contributed by atoms with Crippen LogP contribution in [-0.4, -0.2) is 30.4 Å². The first kappa shape index (κ1) is 18.0. The number of hydrogen-bond acceptors (Lipinski definition) is 2. The topological polar surface area (TPSA) is 32.3 Å². The molecule has 0 bridgehead atoms. The molecule has 0 radical (unpaired) electrons. The van der Waals surface area contributed by atoms with Crippen molar-refractivity contribution < 1.29 is 4.79 Å². The molecule has 3 nitrogen and oxygen atoms in total. The molecule has 4 heteroatoms. The normalized spacial score (nSPS) is 16.0. The molecule has 25 heavy (non-hydrogen) atoms. The molecule has 1 aliphatic rings. The Labute approximate surface area is 155 Å². The average molecular weight is 357 g/mol. The Balaban J connectivity index is 1.73. The van der Waals surface area contributed by atoms with Gasteiger partial charge in [-0.05, 0) is 80.7 Å². The number of amides is 1. The van der Waals surface area contributed by atoms with E-state index in [0.29, 0.717) is 6.54 Å². The highest BCUT2D eigenvalue weighted by Gasteiger charge is 2.24. The van der Waals surface area contributed by atoms with Crippen molar-refractivity contribution in [1.82, 2.24) is 10.2 Å². The molecule has 132 valence electrons. The molecule has 0 aliphatic carbocycles. The first-order chi connectivity index (χ1) is 12.0. The zero-order valence-corrected chi connectivity index (χ0v) is 15.6. The van der Waals surface area contributed by atoms with Gasteiger partial charge in [-0.1, -0.05) is 29.8 Å². The van der Waals surface area contributed by atoms with Crippen molar-refractivity contribution >= 4 is 17.5 Å². The second kappa shape index (κ2) is 8.03. The Morgan fingerprint density at radius 2 is 1.88 bits per heavy atom. The van der Waals surface area contributed by atoms with Crippen LogP contribution in [0.2, 0.25) is 5.02 Å². The number of likely N-dealkylation sites (tertiary alicyclic amines) is 1. The third-order valence-corrected chi connectivity index (χ3v) is 5.28. The maximum absolute atomic E-state index is 12.6. The molecular formula is C21H25ClN2O. The van der Waals surface area contributed by atoms with Gasteiger partial charge < -0.3 is 5.32 Å². The number of aryl methyl sites for hydroxylation is 2. The van der Waals surface area contributed by atoms with Crippen molar-refractivity contribution in [3.05, 3.63) is 69.7 Å². The summed E-state index contributed by atoms with van der Waals surface area (Å²) in [6, 6.07) is 14.0. The van der Waals surface area contributed by atoms with E-state index in [1.54, 1.807) is 0 Å². The van der Waals surface area contributed by atoms with Crippen molar-refractivity contribution in [3.8, 4) is 0 Å². The predicted molar refractivity (Wildman–Crippen MR) is 103 cm³/mol. The van der Waals surface area contributed by atoms with E-state index in [-0.39, 0.29) is 11.9 Å². The number of carbonyl (C=O) groups is 1. The third kappa shape index (κ3) is 4.42. The summed E-state index contributed by atoms with van der Waals surface area (Å²) in [4.78, 5) is 15.0. The van der Waals surface area contributed by atoms with Crippen LogP contribution < -0.4 is 5.32 Å². The molecule has 2 aromatic rings. The molecule has 2 aromatic carbocycles. The Morgan fingerprint density at radius 1 is 1.12 bits per heavy atom. The van der Waals surface area contributed by atoms with Crippen molar-refractivity contribution in [3.63, 3.8) is 0 Å². The second-order valence-corrected chi connectivity index (χ2v) is 7.26. The summed E-state index contributed by atoms with van der Waals surface area (Å²) in [5.74, 6) is -0.0191. The lowest BCUT2D eigenvalue weighted by atomic mass is 10.0. The van der Waals surface area contributed by atoms with Crippen molar-refractivity contribution in [2.24, 2.45) is 0 Å². The summed E-state index contributed by atoms with van der Waals surface area (Å²) in [7, 11) is 0. The Kier molecular flexibility index (Phi) is 5.77. The van der Waals surface area contributed by atoms with Crippen LogP contribution in [0.4, 0.5) is 0 Å². The van der Waals surface area contributed by atoms with Gasteiger partial charge in [-0.3, -0.25) is 9.69 Å². The lowest BCUT2D eigenvalue weighted by Gasteiger charge is -2.28. The van der Waals surface area contributed by atoms with Crippen LogP contribution in [0.5, 0.6) is 0 Å². The summed E-state index contributed by atoms with van der Waals surface area (Å²) in [6.07, 6.45) is 2.42. The van der Waals surface area contributed by atoms with Crippen molar-refractivity contribution in [2.45, 2.75) is 32.7 Å². The molecule has 0 saturated carbocycles. The number of nitrogens with one attached hydrogen (secondary N) is 1. The van der Waals surface area contributed by atoms with Gasteiger partial charge >= 0.3 is 0 Å². The summed E-state index contributed by atoms with van der Waals surface area (Å²) in [6.45, 7) is 6.81. The molecule has 1 unspecified atom stereocenters. The molecule has 1 aliphatic heterocycles. The molecule has 0 aromatic heterocycles. The van der Waals surface area contributed by atoms with Gasteiger partial charge in [-0.25, -0.2) is 0 Å². The van der Waals surface area contributed by atoms with Crippen LogP contribution in [0.25, 0.3) is 0 Å². The van der Waals surface area contributed by atoms with Crippen molar-refractivity contribution in [2.75, 3.05) is 19.6 Å². The van der Waals surface area contributed by atoms with Crippen LogP contribution in [0.1, 0.15) is 45.9 Å². The summed E-state index contributed by atoms with van der Waals surface area (Å²) >= 11 is 6.18. The molecule has 1 amide bonds. The molecule has 1 saturated heterocycles. The Bertz CT molecular complexity index is 753. The van der Waals surface area contributed by atoms with E-state index in [9.17, 15) is 4.79 Å². The third-order valence-electron chi connectivity index (χ3n) is 5.04. The van der Waals surface area contributed by atoms with E-state index in [2.05, 4.69) is 23.2 Å². The van der Waals surface area contributed by atoms with E-state index in [0.717, 1.165) is 34.8 Å². The monoisotopic (exact) mass is 356 g/mol. The van der Waals surface area contributed by atoms with Gasteiger partial charge in [0, 0.05) is 17.1 Å². The number of benzene rings is 2. The summed E-state index contributed by atoms with van der Waals surface area (Å²) in [5.41, 5.74) is 4.22. The zero-order chi connectivity index (χ0) is 17.8. The molecular weight excluding hydrogens is 332 g/mol. The standard InChI is InChI=1S/C21H25ClN2O/c1-15-8-9-18(12-16(15)2)21(25)23-14-20(24-10-3-4-11-24)17-6-5-7-19(22)13-17/h5-9,12-13,20H,3-4,10-11,14H2,1-2H3,(H,23,25). The van der Waals surface area contributed by atoms with Crippen LogP contribution in [-0.2, 0) is 0 Å². The van der Waals surface area contributed by atoms with Crippen LogP contribution in [0, 0.1) is 13.8 Å². The van der Waals surface area contributed by atoms with Gasteiger partial charge in [0.05, 0.1) is 6.04 Å². The van der Waals surface area contributed by atoms with Crippen LogP contribution in [0.3, 0.4) is 0 Å². The number of hydrogen-bond donors (Lipinski definition) is 1. The Morgan fingerprint density at radius 3 is 2.56 bits per heavy atom. The summed E-state index contributed by atoms with van der Waals surface area (Å²) in [5, 5.41) is 3.86. The van der Waals surface area contributed by atoms with E-state index in [1.807, 2.05) is 43.3 Å². The van der Waals surface area contributed by atoms with Gasteiger partial charge in [0.1, 0.15) is 0 Å². The Hall–Kier alpha value is -1.84.